The van der Waals surface area contributed by atoms with Gasteiger partial charge in [0.05, 0.1) is 16.1 Å². The Labute approximate surface area is 119 Å². The molecule has 0 atom stereocenters. The van der Waals surface area contributed by atoms with Crippen molar-refractivity contribution in [3.63, 3.8) is 0 Å². The number of fused-ring (bicyclic) bond motifs is 1. The number of hydrogen-bond acceptors (Lipinski definition) is 1. The molecule has 0 unspecified atom stereocenters. The van der Waals surface area contributed by atoms with Gasteiger partial charge < -0.3 is 4.98 Å². The summed E-state index contributed by atoms with van der Waals surface area (Å²) in [5.41, 5.74) is 2.48. The topological polar surface area (TPSA) is 28.7 Å². The number of aromatic nitrogens is 2. The minimum atomic E-state index is 0.601. The van der Waals surface area contributed by atoms with Crippen molar-refractivity contribution in [2.45, 2.75) is 0 Å². The zero-order valence-corrected chi connectivity index (χ0v) is 11.3. The van der Waals surface area contributed by atoms with Crippen LogP contribution in [0.1, 0.15) is 0 Å². The van der Waals surface area contributed by atoms with E-state index in [0.717, 1.165) is 16.6 Å². The zero-order chi connectivity index (χ0) is 12.7. The average molecular weight is 298 g/mol. The van der Waals surface area contributed by atoms with Gasteiger partial charge in [0.25, 0.3) is 0 Å². The molecule has 0 spiro atoms. The van der Waals surface area contributed by atoms with Gasteiger partial charge in [-0.15, -0.1) is 0 Å². The second kappa shape index (κ2) is 4.47. The molecule has 18 heavy (non-hydrogen) atoms. The summed E-state index contributed by atoms with van der Waals surface area (Å²) in [5, 5.41) is 1.88. The molecule has 0 aliphatic heterocycles. The molecule has 1 N–H and O–H groups in total. The molecular weight excluding hydrogens is 291 g/mol. The summed E-state index contributed by atoms with van der Waals surface area (Å²) >= 11 is 18.0. The lowest BCUT2D eigenvalue weighted by Crippen LogP contribution is -1.82. The first kappa shape index (κ1) is 11.8. The van der Waals surface area contributed by atoms with Gasteiger partial charge in [0.1, 0.15) is 5.82 Å². The van der Waals surface area contributed by atoms with E-state index in [4.69, 9.17) is 34.8 Å². The maximum Gasteiger partial charge on any atom is 0.140 e. The molecule has 2 nitrogen and oxygen atoms in total. The Morgan fingerprint density at radius 2 is 1.61 bits per heavy atom. The van der Waals surface area contributed by atoms with E-state index >= 15 is 0 Å². The van der Waals surface area contributed by atoms with Crippen LogP contribution in [0.5, 0.6) is 0 Å². The van der Waals surface area contributed by atoms with Crippen molar-refractivity contribution < 1.29 is 0 Å². The highest BCUT2D eigenvalue weighted by molar-refractivity contribution is 6.35. The lowest BCUT2D eigenvalue weighted by Gasteiger charge is -2.00. The number of nitrogens with one attached hydrogen (secondary N) is 1. The first-order valence-corrected chi connectivity index (χ1v) is 6.37. The normalized spacial score (nSPS) is 11.1. The van der Waals surface area contributed by atoms with Crippen LogP contribution >= 0.6 is 34.8 Å². The Hall–Kier alpha value is -1.22. The summed E-state index contributed by atoms with van der Waals surface area (Å²) in [4.78, 5) is 7.65. The fraction of sp³-hybridized carbons (Fsp3) is 0. The molecule has 5 heteroatoms. The maximum atomic E-state index is 6.14. The van der Waals surface area contributed by atoms with Crippen molar-refractivity contribution in [2.24, 2.45) is 0 Å². The molecule has 3 aromatic rings. The minimum Gasteiger partial charge on any atom is -0.338 e. The van der Waals surface area contributed by atoms with E-state index in [2.05, 4.69) is 9.97 Å². The Bertz CT molecular complexity index is 734. The van der Waals surface area contributed by atoms with Gasteiger partial charge >= 0.3 is 0 Å². The predicted octanol–water partition coefficient (Wildman–Crippen LogP) is 5.19. The number of aromatic amines is 1. The van der Waals surface area contributed by atoms with Crippen LogP contribution in [0.3, 0.4) is 0 Å². The van der Waals surface area contributed by atoms with Crippen LogP contribution in [0.2, 0.25) is 15.1 Å². The molecule has 0 aliphatic carbocycles. The Kier molecular flexibility index (Phi) is 2.94. The SMILES string of the molecule is Clc1ccc(Cl)c(-c2nc3ccc(Cl)cc3[nH]2)c1. The van der Waals surface area contributed by atoms with Crippen LogP contribution in [-0.4, -0.2) is 9.97 Å². The molecule has 90 valence electrons. The van der Waals surface area contributed by atoms with E-state index in [1.807, 2.05) is 12.1 Å². The van der Waals surface area contributed by atoms with Crippen LogP contribution in [0.4, 0.5) is 0 Å². The van der Waals surface area contributed by atoms with Crippen LogP contribution in [-0.2, 0) is 0 Å². The number of nitrogens with zero attached hydrogens (tertiary/aromatic N) is 1. The molecule has 2 aromatic carbocycles. The number of H-pyrrole nitrogens is 1. The minimum absolute atomic E-state index is 0.601. The summed E-state index contributed by atoms with van der Waals surface area (Å²) in [7, 11) is 0. The van der Waals surface area contributed by atoms with E-state index < -0.39 is 0 Å². The van der Waals surface area contributed by atoms with Gasteiger partial charge in [-0.2, -0.15) is 0 Å². The van der Waals surface area contributed by atoms with E-state index in [-0.39, 0.29) is 0 Å². The smallest absolute Gasteiger partial charge is 0.140 e. The van der Waals surface area contributed by atoms with Crippen LogP contribution in [0, 0.1) is 0 Å². The number of hydrogen-bond donors (Lipinski definition) is 1. The van der Waals surface area contributed by atoms with Crippen molar-refractivity contribution in [3.05, 3.63) is 51.5 Å². The van der Waals surface area contributed by atoms with Gasteiger partial charge in [-0.1, -0.05) is 34.8 Å². The van der Waals surface area contributed by atoms with Gasteiger partial charge in [0.15, 0.2) is 0 Å². The monoisotopic (exact) mass is 296 g/mol. The molecular formula is C13H7Cl3N2. The van der Waals surface area contributed by atoms with Gasteiger partial charge in [-0.05, 0) is 36.4 Å². The third-order valence-corrected chi connectivity index (χ3v) is 3.43. The highest BCUT2D eigenvalue weighted by Crippen LogP contribution is 2.30. The molecule has 0 aliphatic rings. The van der Waals surface area contributed by atoms with E-state index in [1.165, 1.54) is 0 Å². The standard InChI is InChI=1S/C13H7Cl3N2/c14-7-1-3-10(16)9(5-7)13-17-11-4-2-8(15)6-12(11)18-13/h1-6H,(H,17,18). The Morgan fingerprint density at radius 3 is 2.44 bits per heavy atom. The highest BCUT2D eigenvalue weighted by Gasteiger charge is 2.09. The molecule has 1 aromatic heterocycles. The van der Waals surface area contributed by atoms with Crippen LogP contribution in [0.15, 0.2) is 36.4 Å². The number of imidazole rings is 1. The summed E-state index contributed by atoms with van der Waals surface area (Å²) < 4.78 is 0. The van der Waals surface area contributed by atoms with E-state index in [0.29, 0.717) is 20.9 Å². The zero-order valence-electron chi connectivity index (χ0n) is 9.05. The molecule has 1 heterocycles. The van der Waals surface area contributed by atoms with Crippen LogP contribution in [0.25, 0.3) is 22.4 Å². The van der Waals surface area contributed by atoms with Gasteiger partial charge in [0.2, 0.25) is 0 Å². The number of benzene rings is 2. The van der Waals surface area contributed by atoms with Crippen LogP contribution < -0.4 is 0 Å². The highest BCUT2D eigenvalue weighted by atomic mass is 35.5. The summed E-state index contributed by atoms with van der Waals surface area (Å²) in [6.45, 7) is 0. The summed E-state index contributed by atoms with van der Waals surface area (Å²) in [5.74, 6) is 0.680. The quantitative estimate of drug-likeness (QED) is 0.658. The largest absolute Gasteiger partial charge is 0.338 e. The Balaban J connectivity index is 2.22. The van der Waals surface area contributed by atoms with Crippen molar-refractivity contribution in [2.75, 3.05) is 0 Å². The van der Waals surface area contributed by atoms with Crippen molar-refractivity contribution in [3.8, 4) is 11.4 Å². The first-order valence-electron chi connectivity index (χ1n) is 5.24. The van der Waals surface area contributed by atoms with Crippen molar-refractivity contribution in [1.29, 1.82) is 0 Å². The third kappa shape index (κ3) is 2.07. The van der Waals surface area contributed by atoms with Gasteiger partial charge in [0, 0.05) is 15.6 Å². The summed E-state index contributed by atoms with van der Waals surface area (Å²) in [6, 6.07) is 10.8. The van der Waals surface area contributed by atoms with Gasteiger partial charge in [-0.3, -0.25) is 0 Å². The number of halogens is 3. The van der Waals surface area contributed by atoms with Crippen molar-refractivity contribution >= 4 is 45.8 Å². The second-order valence-electron chi connectivity index (χ2n) is 3.87. The maximum absolute atomic E-state index is 6.14. The fourth-order valence-electron chi connectivity index (χ4n) is 1.79. The average Bonchev–Trinajstić information content (AvgIpc) is 2.74. The molecule has 0 saturated carbocycles. The predicted molar refractivity (Wildman–Crippen MR) is 76.6 cm³/mol. The third-order valence-electron chi connectivity index (χ3n) is 2.63. The van der Waals surface area contributed by atoms with Gasteiger partial charge in [-0.25, -0.2) is 4.98 Å². The lowest BCUT2D eigenvalue weighted by molar-refractivity contribution is 1.34. The molecule has 0 saturated heterocycles. The molecule has 0 fully saturated rings. The summed E-state index contributed by atoms with van der Waals surface area (Å²) in [6.07, 6.45) is 0. The van der Waals surface area contributed by atoms with E-state index in [9.17, 15) is 0 Å². The molecule has 0 amide bonds. The molecule has 0 bridgehead atoms. The second-order valence-corrected chi connectivity index (χ2v) is 5.15. The molecule has 3 rings (SSSR count). The fourth-order valence-corrected chi connectivity index (χ4v) is 2.34. The van der Waals surface area contributed by atoms with Crippen molar-refractivity contribution in [1.82, 2.24) is 9.97 Å². The first-order chi connectivity index (χ1) is 8.63. The number of rotatable bonds is 1. The Morgan fingerprint density at radius 1 is 0.889 bits per heavy atom. The lowest BCUT2D eigenvalue weighted by atomic mass is 10.2. The van der Waals surface area contributed by atoms with E-state index in [1.54, 1.807) is 24.3 Å². The molecule has 0 radical (unpaired) electrons.